The lowest BCUT2D eigenvalue weighted by molar-refractivity contribution is -0.0293. The van der Waals surface area contributed by atoms with Gasteiger partial charge in [0.15, 0.2) is 0 Å². The smallest absolute Gasteiger partial charge is 0.0780 e. The Morgan fingerprint density at radius 3 is 2.38 bits per heavy atom. The number of hydrogen-bond acceptors (Lipinski definition) is 3. The second-order valence-corrected chi connectivity index (χ2v) is 3.41. The lowest BCUT2D eigenvalue weighted by atomic mass is 10.3. The summed E-state index contributed by atoms with van der Waals surface area (Å²) in [5.74, 6) is 0. The van der Waals surface area contributed by atoms with Gasteiger partial charge in [-0.05, 0) is 20.3 Å². The Kier molecular flexibility index (Phi) is 8.40. The van der Waals surface area contributed by atoms with E-state index in [9.17, 15) is 0 Å². The molecule has 0 aliphatic rings. The van der Waals surface area contributed by atoms with E-state index in [2.05, 4.69) is 6.92 Å². The van der Waals surface area contributed by atoms with Gasteiger partial charge in [-0.3, -0.25) is 0 Å². The topological polar surface area (TPSA) is 44.5 Å². The minimum absolute atomic E-state index is 0.136. The van der Waals surface area contributed by atoms with Gasteiger partial charge in [-0.1, -0.05) is 13.3 Å². The van der Waals surface area contributed by atoms with Crippen LogP contribution in [0.5, 0.6) is 0 Å². The largest absolute Gasteiger partial charge is 0.376 e. The predicted molar refractivity (Wildman–Crippen MR) is 54.8 cm³/mol. The summed E-state index contributed by atoms with van der Waals surface area (Å²) in [5, 5.41) is 0. The Morgan fingerprint density at radius 2 is 1.85 bits per heavy atom. The molecule has 0 rings (SSSR count). The molecule has 80 valence electrons. The molecule has 0 fully saturated rings. The van der Waals surface area contributed by atoms with Crippen LogP contribution in [-0.4, -0.2) is 32.0 Å². The van der Waals surface area contributed by atoms with Crippen molar-refractivity contribution in [1.29, 1.82) is 0 Å². The summed E-state index contributed by atoms with van der Waals surface area (Å²) in [5.41, 5.74) is 5.41. The van der Waals surface area contributed by atoms with Crippen LogP contribution < -0.4 is 5.73 Å². The summed E-state index contributed by atoms with van der Waals surface area (Å²) in [6.07, 6.45) is 2.61. The van der Waals surface area contributed by atoms with E-state index in [0.29, 0.717) is 13.2 Å². The highest BCUT2D eigenvalue weighted by Gasteiger charge is 2.04. The van der Waals surface area contributed by atoms with E-state index in [0.717, 1.165) is 13.0 Å². The van der Waals surface area contributed by atoms with Crippen molar-refractivity contribution in [3.05, 3.63) is 0 Å². The first-order valence-corrected chi connectivity index (χ1v) is 5.14. The van der Waals surface area contributed by atoms with E-state index in [4.69, 9.17) is 15.2 Å². The van der Waals surface area contributed by atoms with Crippen LogP contribution in [0.3, 0.4) is 0 Å². The maximum absolute atomic E-state index is 5.51. The highest BCUT2D eigenvalue weighted by Crippen LogP contribution is 1.97. The molecule has 0 saturated heterocycles. The Balaban J connectivity index is 3.24. The van der Waals surface area contributed by atoms with E-state index in [1.807, 2.05) is 13.8 Å². The molecule has 2 atom stereocenters. The summed E-state index contributed by atoms with van der Waals surface area (Å²) in [6.45, 7) is 8.19. The third-order valence-electron chi connectivity index (χ3n) is 1.85. The molecule has 3 nitrogen and oxygen atoms in total. The van der Waals surface area contributed by atoms with Crippen LogP contribution >= 0.6 is 0 Å². The highest BCUT2D eigenvalue weighted by atomic mass is 16.5. The summed E-state index contributed by atoms with van der Waals surface area (Å²) in [7, 11) is 0. The zero-order chi connectivity index (χ0) is 10.1. The number of rotatable bonds is 8. The van der Waals surface area contributed by atoms with E-state index >= 15 is 0 Å². The standard InChI is InChI=1S/C10H23NO2/c1-4-5-6-12-10(3)8-13-9(2)7-11/h9-10H,4-8,11H2,1-3H3. The Morgan fingerprint density at radius 1 is 1.15 bits per heavy atom. The van der Waals surface area contributed by atoms with Gasteiger partial charge in [-0.15, -0.1) is 0 Å². The van der Waals surface area contributed by atoms with Gasteiger partial charge in [0.1, 0.15) is 0 Å². The van der Waals surface area contributed by atoms with Gasteiger partial charge in [-0.25, -0.2) is 0 Å². The molecule has 13 heavy (non-hydrogen) atoms. The van der Waals surface area contributed by atoms with E-state index < -0.39 is 0 Å². The molecule has 2 N–H and O–H groups in total. The van der Waals surface area contributed by atoms with E-state index in [1.54, 1.807) is 0 Å². The van der Waals surface area contributed by atoms with Crippen molar-refractivity contribution in [1.82, 2.24) is 0 Å². The zero-order valence-electron chi connectivity index (χ0n) is 9.08. The molecule has 0 amide bonds. The maximum Gasteiger partial charge on any atom is 0.0780 e. The lowest BCUT2D eigenvalue weighted by Crippen LogP contribution is -2.25. The summed E-state index contributed by atoms with van der Waals surface area (Å²) in [6, 6.07) is 0. The van der Waals surface area contributed by atoms with E-state index in [-0.39, 0.29) is 12.2 Å². The Hall–Kier alpha value is -0.120. The predicted octanol–water partition coefficient (Wildman–Crippen LogP) is 1.56. The number of unbranched alkanes of at least 4 members (excludes halogenated alkanes) is 1. The van der Waals surface area contributed by atoms with Gasteiger partial charge in [0, 0.05) is 13.2 Å². The molecule has 0 aromatic carbocycles. The summed E-state index contributed by atoms with van der Waals surface area (Å²) in [4.78, 5) is 0. The average Bonchev–Trinajstić information content (AvgIpc) is 2.14. The molecular weight excluding hydrogens is 166 g/mol. The molecule has 0 aromatic heterocycles. The first-order chi connectivity index (χ1) is 6.20. The van der Waals surface area contributed by atoms with Crippen molar-refractivity contribution >= 4 is 0 Å². The quantitative estimate of drug-likeness (QED) is 0.589. The molecule has 0 heterocycles. The summed E-state index contributed by atoms with van der Waals surface area (Å²) >= 11 is 0. The Labute approximate surface area is 81.6 Å². The molecule has 0 radical (unpaired) electrons. The normalized spacial score (nSPS) is 15.7. The monoisotopic (exact) mass is 189 g/mol. The summed E-state index contributed by atoms with van der Waals surface area (Å²) < 4.78 is 10.9. The second-order valence-electron chi connectivity index (χ2n) is 3.41. The van der Waals surface area contributed by atoms with Crippen LogP contribution in [0.25, 0.3) is 0 Å². The van der Waals surface area contributed by atoms with Crippen molar-refractivity contribution in [3.8, 4) is 0 Å². The van der Waals surface area contributed by atoms with E-state index in [1.165, 1.54) is 6.42 Å². The van der Waals surface area contributed by atoms with Gasteiger partial charge in [0.25, 0.3) is 0 Å². The fourth-order valence-corrected chi connectivity index (χ4v) is 0.845. The van der Waals surface area contributed by atoms with Crippen molar-refractivity contribution in [2.24, 2.45) is 5.73 Å². The number of nitrogens with two attached hydrogens (primary N) is 1. The molecule has 0 aliphatic heterocycles. The average molecular weight is 189 g/mol. The third kappa shape index (κ3) is 8.22. The SMILES string of the molecule is CCCCOC(C)COC(C)CN. The zero-order valence-corrected chi connectivity index (χ0v) is 9.08. The van der Waals surface area contributed by atoms with Crippen molar-refractivity contribution in [3.63, 3.8) is 0 Å². The minimum Gasteiger partial charge on any atom is -0.376 e. The first-order valence-electron chi connectivity index (χ1n) is 5.14. The molecule has 0 spiro atoms. The maximum atomic E-state index is 5.51. The highest BCUT2D eigenvalue weighted by molar-refractivity contribution is 4.53. The van der Waals surface area contributed by atoms with Gasteiger partial charge in [0.05, 0.1) is 18.8 Å². The van der Waals surface area contributed by atoms with Crippen LogP contribution in [0.1, 0.15) is 33.6 Å². The van der Waals surface area contributed by atoms with Crippen LogP contribution in [0.15, 0.2) is 0 Å². The first kappa shape index (κ1) is 12.9. The third-order valence-corrected chi connectivity index (χ3v) is 1.85. The molecule has 2 unspecified atom stereocenters. The van der Waals surface area contributed by atoms with Crippen molar-refractivity contribution < 1.29 is 9.47 Å². The van der Waals surface area contributed by atoms with Crippen LogP contribution in [-0.2, 0) is 9.47 Å². The van der Waals surface area contributed by atoms with Crippen LogP contribution in [0.4, 0.5) is 0 Å². The van der Waals surface area contributed by atoms with Crippen LogP contribution in [0, 0.1) is 0 Å². The van der Waals surface area contributed by atoms with Gasteiger partial charge < -0.3 is 15.2 Å². The fraction of sp³-hybridized carbons (Fsp3) is 1.00. The van der Waals surface area contributed by atoms with Gasteiger partial charge in [0.2, 0.25) is 0 Å². The van der Waals surface area contributed by atoms with Crippen molar-refractivity contribution in [2.75, 3.05) is 19.8 Å². The van der Waals surface area contributed by atoms with Crippen LogP contribution in [0.2, 0.25) is 0 Å². The molecular formula is C10H23NO2. The minimum atomic E-state index is 0.136. The van der Waals surface area contributed by atoms with Gasteiger partial charge in [-0.2, -0.15) is 0 Å². The molecule has 0 bridgehead atoms. The molecule has 0 aromatic rings. The fourth-order valence-electron chi connectivity index (χ4n) is 0.845. The molecule has 0 saturated carbocycles. The number of hydrogen-bond donors (Lipinski definition) is 1. The molecule has 3 heteroatoms. The molecule has 0 aliphatic carbocycles. The van der Waals surface area contributed by atoms with Gasteiger partial charge >= 0.3 is 0 Å². The second kappa shape index (κ2) is 8.48. The number of ether oxygens (including phenoxy) is 2. The van der Waals surface area contributed by atoms with Crippen molar-refractivity contribution in [2.45, 2.75) is 45.8 Å². The Bertz CT molecular complexity index is 109. The lowest BCUT2D eigenvalue weighted by Gasteiger charge is -2.16.